The molecule has 0 atom stereocenters. The zero-order chi connectivity index (χ0) is 41.6. The maximum absolute atomic E-state index is 10.1. The summed E-state index contributed by atoms with van der Waals surface area (Å²) >= 11 is 0. The van der Waals surface area contributed by atoms with Gasteiger partial charge in [-0.2, -0.15) is 5.26 Å². The Morgan fingerprint density at radius 2 is 0.841 bits per heavy atom. The minimum Gasteiger partial charge on any atom is -0.309 e. The van der Waals surface area contributed by atoms with Gasteiger partial charge in [0.05, 0.1) is 34.1 Å². The summed E-state index contributed by atoms with van der Waals surface area (Å²) in [5, 5.41) is 22.0. The molecule has 0 radical (unpaired) electrons. The van der Waals surface area contributed by atoms with Crippen LogP contribution < -0.4 is 0 Å². The van der Waals surface area contributed by atoms with E-state index in [0.29, 0.717) is 5.56 Å². The van der Waals surface area contributed by atoms with Crippen molar-refractivity contribution in [2.24, 2.45) is 0 Å². The third-order valence-electron chi connectivity index (χ3n) is 13.0. The van der Waals surface area contributed by atoms with E-state index in [0.717, 1.165) is 61.1 Å². The Bertz CT molecular complexity index is 3900. The van der Waals surface area contributed by atoms with E-state index < -0.39 is 0 Å². The third kappa shape index (κ3) is 5.34. The maximum atomic E-state index is 10.1. The zero-order valence-electron chi connectivity index (χ0n) is 33.9. The molecule has 3 heterocycles. The normalized spacial score (nSPS) is 11.8. The van der Waals surface area contributed by atoms with E-state index in [-0.39, 0.29) is 0 Å². The van der Waals surface area contributed by atoms with E-state index in [4.69, 9.17) is 9.97 Å². The van der Waals surface area contributed by atoms with Crippen molar-refractivity contribution in [1.29, 1.82) is 5.26 Å². The fraction of sp³-hybridized carbons (Fsp3) is 0. The molecule has 0 unspecified atom stereocenters. The van der Waals surface area contributed by atoms with Gasteiger partial charge in [0.25, 0.3) is 0 Å². The second-order valence-corrected chi connectivity index (χ2v) is 16.4. The number of rotatable bonds is 6. The number of hydrogen-bond donors (Lipinski definition) is 0. The summed E-state index contributed by atoms with van der Waals surface area (Å²) in [7, 11) is 0. The lowest BCUT2D eigenvalue weighted by Crippen LogP contribution is -1.93. The van der Waals surface area contributed by atoms with Crippen molar-refractivity contribution in [1.82, 2.24) is 14.5 Å². The van der Waals surface area contributed by atoms with E-state index in [1.165, 1.54) is 65.3 Å². The molecular formula is C59H34N4. The van der Waals surface area contributed by atoms with Crippen LogP contribution in [0.2, 0.25) is 0 Å². The fourth-order valence-corrected chi connectivity index (χ4v) is 10.3. The zero-order valence-corrected chi connectivity index (χ0v) is 33.9. The van der Waals surface area contributed by atoms with Gasteiger partial charge in [0.15, 0.2) is 0 Å². The monoisotopic (exact) mass is 798 g/mol. The topological polar surface area (TPSA) is 54.5 Å². The summed E-state index contributed by atoms with van der Waals surface area (Å²) in [6.45, 7) is 0. The van der Waals surface area contributed by atoms with Gasteiger partial charge in [0.2, 0.25) is 0 Å². The summed E-state index contributed by atoms with van der Waals surface area (Å²) in [4.78, 5) is 9.46. The lowest BCUT2D eigenvalue weighted by Gasteiger charge is -2.18. The first-order chi connectivity index (χ1) is 31.2. The van der Waals surface area contributed by atoms with Crippen molar-refractivity contribution in [3.8, 4) is 67.7 Å². The van der Waals surface area contributed by atoms with E-state index in [1.807, 2.05) is 42.7 Å². The summed E-state index contributed by atoms with van der Waals surface area (Å²) in [5.74, 6) is 0. The van der Waals surface area contributed by atoms with Crippen molar-refractivity contribution in [2.45, 2.75) is 0 Å². The first-order valence-corrected chi connectivity index (χ1v) is 21.3. The molecule has 0 aliphatic heterocycles. The number of para-hydroxylation sites is 1. The largest absolute Gasteiger partial charge is 0.309 e. The lowest BCUT2D eigenvalue weighted by atomic mass is 9.86. The molecule has 0 saturated carbocycles. The second kappa shape index (κ2) is 13.7. The van der Waals surface area contributed by atoms with Crippen molar-refractivity contribution >= 4 is 64.9 Å². The van der Waals surface area contributed by atoms with Crippen molar-refractivity contribution < 1.29 is 0 Å². The predicted octanol–water partition coefficient (Wildman–Crippen LogP) is 15.3. The predicted molar refractivity (Wildman–Crippen MR) is 261 cm³/mol. The van der Waals surface area contributed by atoms with Gasteiger partial charge in [0.1, 0.15) is 0 Å². The molecule has 4 nitrogen and oxygen atoms in total. The van der Waals surface area contributed by atoms with Crippen LogP contribution in [0.5, 0.6) is 0 Å². The molecule has 63 heavy (non-hydrogen) atoms. The quantitative estimate of drug-likeness (QED) is 0.157. The Balaban J connectivity index is 0.983. The van der Waals surface area contributed by atoms with Gasteiger partial charge in [-0.1, -0.05) is 115 Å². The smallest absolute Gasteiger partial charge is 0.0998 e. The van der Waals surface area contributed by atoms with Crippen LogP contribution in [0.15, 0.2) is 207 Å². The first-order valence-electron chi connectivity index (χ1n) is 21.3. The minimum absolute atomic E-state index is 0.692. The van der Waals surface area contributed by atoms with Crippen LogP contribution in [-0.2, 0) is 0 Å². The van der Waals surface area contributed by atoms with E-state index in [1.54, 1.807) is 0 Å². The molecule has 13 rings (SSSR count). The molecule has 0 aliphatic rings. The molecule has 0 aliphatic carbocycles. The van der Waals surface area contributed by atoms with Crippen LogP contribution in [0.4, 0.5) is 0 Å². The molecule has 3 aromatic heterocycles. The molecule has 0 saturated heterocycles. The van der Waals surface area contributed by atoms with Crippen LogP contribution >= 0.6 is 0 Å². The van der Waals surface area contributed by atoms with E-state index in [2.05, 4.69) is 174 Å². The highest BCUT2D eigenvalue weighted by Crippen LogP contribution is 2.46. The van der Waals surface area contributed by atoms with Crippen LogP contribution in [0.1, 0.15) is 5.56 Å². The molecule has 10 aromatic carbocycles. The molecule has 0 bridgehead atoms. The van der Waals surface area contributed by atoms with Gasteiger partial charge >= 0.3 is 0 Å². The van der Waals surface area contributed by atoms with Gasteiger partial charge < -0.3 is 4.57 Å². The number of nitriles is 1. The molecule has 0 spiro atoms. The summed E-state index contributed by atoms with van der Waals surface area (Å²) in [5.41, 5.74) is 15.0. The molecule has 0 N–H and O–H groups in total. The average Bonchev–Trinajstić information content (AvgIpc) is 3.70. The first kappa shape index (κ1) is 35.1. The number of nitrogens with zero attached hydrogens (tertiary/aromatic N) is 4. The fourth-order valence-electron chi connectivity index (χ4n) is 10.3. The summed E-state index contributed by atoms with van der Waals surface area (Å²) < 4.78 is 2.33. The second-order valence-electron chi connectivity index (χ2n) is 16.4. The highest BCUT2D eigenvalue weighted by molar-refractivity contribution is 6.29. The lowest BCUT2D eigenvalue weighted by molar-refractivity contribution is 1.18. The number of benzene rings is 10. The average molecular weight is 799 g/mol. The van der Waals surface area contributed by atoms with Gasteiger partial charge in [-0.15, -0.1) is 0 Å². The molecule has 0 fully saturated rings. The highest BCUT2D eigenvalue weighted by Gasteiger charge is 2.22. The molecular weight excluding hydrogens is 765 g/mol. The molecule has 13 aromatic rings. The number of hydrogen-bond acceptors (Lipinski definition) is 3. The standard InChI is InChI=1S/C59H34N4/c60-35-40-19-27-54-58-48(40)24-25-51-46(26-28-55(59(51)58)63(54)44-11-2-1-3-12-44)39-10-8-9-38(31-39)45-20-15-36-18-23-50-47(21-16-37-17-22-49(45)56(36)57(37)50)41-32-42(52-13-4-6-29-61-52)34-43(33-41)53-14-5-7-30-62-53/h1-34H. The Morgan fingerprint density at radius 3 is 1.44 bits per heavy atom. The Hall–Kier alpha value is -8.65. The molecule has 0 amide bonds. The number of pyridine rings is 2. The van der Waals surface area contributed by atoms with Gasteiger partial charge in [-0.3, -0.25) is 9.97 Å². The van der Waals surface area contributed by atoms with Gasteiger partial charge in [-0.05, 0) is 150 Å². The maximum Gasteiger partial charge on any atom is 0.0998 e. The van der Waals surface area contributed by atoms with Crippen molar-refractivity contribution in [2.75, 3.05) is 0 Å². The summed E-state index contributed by atoms with van der Waals surface area (Å²) in [6, 6.07) is 72.0. The van der Waals surface area contributed by atoms with Crippen LogP contribution in [0, 0.1) is 11.3 Å². The Labute approximate surface area is 362 Å². The minimum atomic E-state index is 0.692. The highest BCUT2D eigenvalue weighted by atomic mass is 15.0. The molecule has 4 heteroatoms. The van der Waals surface area contributed by atoms with E-state index in [9.17, 15) is 5.26 Å². The van der Waals surface area contributed by atoms with E-state index >= 15 is 0 Å². The Kier molecular flexibility index (Phi) is 7.63. The van der Waals surface area contributed by atoms with Gasteiger partial charge in [-0.25, -0.2) is 0 Å². The number of aromatic nitrogens is 3. The van der Waals surface area contributed by atoms with Crippen LogP contribution in [0.25, 0.3) is 126 Å². The third-order valence-corrected chi connectivity index (χ3v) is 13.0. The summed E-state index contributed by atoms with van der Waals surface area (Å²) in [6.07, 6.45) is 3.70. The SMILES string of the molecule is N#Cc1ccc2c3c1ccc1c(-c4cccc(-c5ccc6ccc7c(-c8cc(-c9ccccn9)cc(-c9ccccn9)c8)ccc8ccc5c6c87)c4)ccc(c13)n2-c1ccccc1. The van der Waals surface area contributed by atoms with Crippen molar-refractivity contribution in [3.63, 3.8) is 0 Å². The van der Waals surface area contributed by atoms with Crippen LogP contribution in [0.3, 0.4) is 0 Å². The Morgan fingerprint density at radius 1 is 0.365 bits per heavy atom. The molecule has 290 valence electrons. The van der Waals surface area contributed by atoms with Gasteiger partial charge in [0, 0.05) is 45.4 Å². The van der Waals surface area contributed by atoms with Crippen molar-refractivity contribution in [3.05, 3.63) is 212 Å². The van der Waals surface area contributed by atoms with Crippen LogP contribution in [-0.4, -0.2) is 14.5 Å².